The van der Waals surface area contributed by atoms with E-state index in [0.717, 1.165) is 96.9 Å². The van der Waals surface area contributed by atoms with E-state index in [9.17, 15) is 19.2 Å². The Hall–Kier alpha value is -5.77. The number of anilines is 1. The lowest BCUT2D eigenvalue weighted by Gasteiger charge is -2.32. The molecular formula is C53H66N4O6. The molecule has 6 rings (SSSR count). The van der Waals surface area contributed by atoms with Gasteiger partial charge in [-0.3, -0.25) is 14.6 Å². The molecule has 0 saturated carbocycles. The van der Waals surface area contributed by atoms with E-state index in [1.807, 2.05) is 84.9 Å². The van der Waals surface area contributed by atoms with Crippen LogP contribution in [0.15, 0.2) is 109 Å². The maximum atomic E-state index is 14.5. The van der Waals surface area contributed by atoms with Gasteiger partial charge in [0.05, 0.1) is 13.2 Å². The first-order valence-corrected chi connectivity index (χ1v) is 23.4. The number of nitrogens with zero attached hydrogens (tertiary/aromatic N) is 2. The molecule has 0 aliphatic carbocycles. The quantitative estimate of drug-likeness (QED) is 0.0439. The molecule has 63 heavy (non-hydrogen) atoms. The molecule has 334 valence electrons. The minimum atomic E-state index is -0.946. The molecule has 0 spiro atoms. The smallest absolute Gasteiger partial charge is 0.328 e. The number of hydrogen-bond donors (Lipinski definition) is 2. The molecule has 4 atom stereocenters. The van der Waals surface area contributed by atoms with Crippen LogP contribution in [0.4, 0.5) is 5.69 Å². The summed E-state index contributed by atoms with van der Waals surface area (Å²) in [7, 11) is 0. The van der Waals surface area contributed by atoms with Gasteiger partial charge in [0.15, 0.2) is 0 Å². The highest BCUT2D eigenvalue weighted by atomic mass is 16.5. The number of amides is 2. The van der Waals surface area contributed by atoms with Crippen LogP contribution in [0.1, 0.15) is 115 Å². The fraction of sp³-hybridized carbons (Fsp3) is 0.453. The minimum absolute atomic E-state index is 0.245. The van der Waals surface area contributed by atoms with E-state index < -0.39 is 36.1 Å². The molecule has 1 aliphatic rings. The maximum Gasteiger partial charge on any atom is 0.328 e. The summed E-state index contributed by atoms with van der Waals surface area (Å²) in [5.41, 5.74) is 2.42. The number of nitrogens with one attached hydrogen (secondary N) is 2. The third-order valence-corrected chi connectivity index (χ3v) is 12.1. The zero-order valence-corrected chi connectivity index (χ0v) is 37.3. The van der Waals surface area contributed by atoms with Crippen molar-refractivity contribution >= 4 is 51.0 Å². The number of pyridine rings is 1. The summed E-state index contributed by atoms with van der Waals surface area (Å²) in [6, 6.07) is 28.2. The van der Waals surface area contributed by atoms with Gasteiger partial charge in [0.25, 0.3) is 0 Å². The molecule has 2 N–H and O–H groups in total. The van der Waals surface area contributed by atoms with E-state index in [4.69, 9.17) is 9.47 Å². The fourth-order valence-corrected chi connectivity index (χ4v) is 8.64. The molecular weight excluding hydrogens is 789 g/mol. The van der Waals surface area contributed by atoms with Gasteiger partial charge in [-0.05, 0) is 70.5 Å². The second-order valence-corrected chi connectivity index (χ2v) is 17.0. The third-order valence-electron chi connectivity index (χ3n) is 12.1. The standard InChI is InChI=1S/C53H66N4O6/c1-3-5-7-9-11-17-33-62-52(60)46(37-39-23-25-41-19-13-15-21-43(41)35-39)55-50(58)48-27-28-49(57(48)45-29-31-54-32-30-45)51(59)56-47(53(61)63-34-18-12-10-8-6-4-2)38-40-24-26-42-20-14-16-22-44(42)36-40/h13-16,19-26,29-32,35-36,46-49H,3-12,17-18,27-28,33-34,37-38H2,1-2H3,(H,55,58)(H,56,59). The number of aromatic nitrogens is 1. The Morgan fingerprint density at radius 3 is 1.41 bits per heavy atom. The van der Waals surface area contributed by atoms with Gasteiger partial charge in [-0.2, -0.15) is 0 Å². The second-order valence-electron chi connectivity index (χ2n) is 17.0. The van der Waals surface area contributed by atoms with E-state index in [1.165, 1.54) is 12.8 Å². The van der Waals surface area contributed by atoms with Gasteiger partial charge in [0, 0.05) is 30.9 Å². The van der Waals surface area contributed by atoms with Crippen LogP contribution in [0.2, 0.25) is 0 Å². The number of ether oxygens (including phenoxy) is 2. The van der Waals surface area contributed by atoms with Gasteiger partial charge in [0.1, 0.15) is 24.2 Å². The highest BCUT2D eigenvalue weighted by Gasteiger charge is 2.43. The molecule has 1 fully saturated rings. The van der Waals surface area contributed by atoms with Crippen molar-refractivity contribution in [2.45, 2.75) is 141 Å². The highest BCUT2D eigenvalue weighted by Crippen LogP contribution is 2.31. The molecule has 5 aromatic rings. The first-order valence-electron chi connectivity index (χ1n) is 23.4. The molecule has 10 heteroatoms. The summed E-state index contributed by atoms with van der Waals surface area (Å²) in [4.78, 5) is 62.7. The van der Waals surface area contributed by atoms with Crippen LogP contribution < -0.4 is 15.5 Å². The normalized spacial score (nSPS) is 15.8. The number of rotatable bonds is 25. The summed E-state index contributed by atoms with van der Waals surface area (Å²) >= 11 is 0. The Labute approximate surface area is 373 Å². The summed E-state index contributed by atoms with van der Waals surface area (Å²) < 4.78 is 11.6. The van der Waals surface area contributed by atoms with Crippen LogP contribution in [0.5, 0.6) is 0 Å². The summed E-state index contributed by atoms with van der Waals surface area (Å²) in [6.07, 6.45) is 17.1. The Morgan fingerprint density at radius 2 is 0.968 bits per heavy atom. The third kappa shape index (κ3) is 13.9. The molecule has 0 radical (unpaired) electrons. The zero-order chi connectivity index (χ0) is 44.2. The summed E-state index contributed by atoms with van der Waals surface area (Å²) in [5, 5.41) is 10.4. The van der Waals surface area contributed by atoms with Crippen molar-refractivity contribution in [3.63, 3.8) is 0 Å². The van der Waals surface area contributed by atoms with Crippen molar-refractivity contribution in [1.29, 1.82) is 0 Å². The number of carbonyl (C=O) groups is 4. The first kappa shape index (κ1) is 46.7. The lowest BCUT2D eigenvalue weighted by molar-refractivity contribution is -0.148. The van der Waals surface area contributed by atoms with Crippen molar-refractivity contribution in [2.24, 2.45) is 0 Å². The number of fused-ring (bicyclic) bond motifs is 2. The number of benzene rings is 4. The minimum Gasteiger partial charge on any atom is -0.464 e. The molecule has 4 aromatic carbocycles. The lowest BCUT2D eigenvalue weighted by atomic mass is 10.0. The SMILES string of the molecule is CCCCCCCCOC(=O)C(Cc1ccc2ccccc2c1)NC(=O)C1CCC(C(=O)NC(Cc2ccc3ccccc3c2)C(=O)OCCCCCCCC)N1c1ccncc1. The average molecular weight is 855 g/mol. The van der Waals surface area contributed by atoms with Gasteiger partial charge >= 0.3 is 11.9 Å². The van der Waals surface area contributed by atoms with E-state index in [0.29, 0.717) is 18.5 Å². The number of unbranched alkanes of at least 4 members (excludes halogenated alkanes) is 10. The van der Waals surface area contributed by atoms with Crippen LogP contribution in [0.3, 0.4) is 0 Å². The Bertz CT molecular complexity index is 2090. The Kier molecular flexibility index (Phi) is 18.4. The summed E-state index contributed by atoms with van der Waals surface area (Å²) in [6.45, 7) is 4.93. The molecule has 4 unspecified atom stereocenters. The molecule has 2 heterocycles. The lowest BCUT2D eigenvalue weighted by Crippen LogP contribution is -2.56. The molecule has 2 amide bonds. The van der Waals surface area contributed by atoms with Gasteiger partial charge in [-0.1, -0.05) is 163 Å². The van der Waals surface area contributed by atoms with Gasteiger partial charge in [-0.25, -0.2) is 9.59 Å². The fourth-order valence-electron chi connectivity index (χ4n) is 8.64. The average Bonchev–Trinajstić information content (AvgIpc) is 3.76. The zero-order valence-electron chi connectivity index (χ0n) is 37.3. The summed E-state index contributed by atoms with van der Waals surface area (Å²) in [5.74, 6) is -1.72. The molecule has 10 nitrogen and oxygen atoms in total. The van der Waals surface area contributed by atoms with E-state index in [2.05, 4.69) is 29.5 Å². The van der Waals surface area contributed by atoms with Crippen LogP contribution in [-0.4, -0.2) is 66.1 Å². The van der Waals surface area contributed by atoms with Crippen molar-refractivity contribution in [3.05, 3.63) is 121 Å². The Balaban J connectivity index is 1.19. The maximum absolute atomic E-state index is 14.5. The van der Waals surface area contributed by atoms with Gasteiger partial charge < -0.3 is 25.0 Å². The van der Waals surface area contributed by atoms with Crippen molar-refractivity contribution in [3.8, 4) is 0 Å². The van der Waals surface area contributed by atoms with Crippen molar-refractivity contribution in [2.75, 3.05) is 18.1 Å². The molecule has 1 saturated heterocycles. The predicted octanol–water partition coefficient (Wildman–Crippen LogP) is 9.99. The number of esters is 2. The van der Waals surface area contributed by atoms with Crippen LogP contribution >= 0.6 is 0 Å². The van der Waals surface area contributed by atoms with Gasteiger partial charge in [0.2, 0.25) is 11.8 Å². The Morgan fingerprint density at radius 1 is 0.556 bits per heavy atom. The first-order chi connectivity index (χ1) is 30.8. The van der Waals surface area contributed by atoms with Crippen LogP contribution in [0.25, 0.3) is 21.5 Å². The van der Waals surface area contributed by atoms with Crippen molar-refractivity contribution in [1.82, 2.24) is 15.6 Å². The number of hydrogen-bond acceptors (Lipinski definition) is 8. The molecule has 1 aliphatic heterocycles. The van der Waals surface area contributed by atoms with E-state index in [1.54, 1.807) is 29.4 Å². The predicted molar refractivity (Wildman–Crippen MR) is 251 cm³/mol. The van der Waals surface area contributed by atoms with Crippen LogP contribution in [-0.2, 0) is 41.5 Å². The van der Waals surface area contributed by atoms with E-state index >= 15 is 0 Å². The van der Waals surface area contributed by atoms with Crippen LogP contribution in [0, 0.1) is 0 Å². The van der Waals surface area contributed by atoms with E-state index in [-0.39, 0.29) is 37.9 Å². The monoisotopic (exact) mass is 854 g/mol. The van der Waals surface area contributed by atoms with Gasteiger partial charge in [-0.15, -0.1) is 0 Å². The number of carbonyl (C=O) groups excluding carboxylic acids is 4. The molecule has 0 bridgehead atoms. The molecule has 1 aromatic heterocycles. The highest BCUT2D eigenvalue weighted by molar-refractivity contribution is 5.96. The largest absolute Gasteiger partial charge is 0.464 e. The second kappa shape index (κ2) is 24.8. The van der Waals surface area contributed by atoms with Crippen molar-refractivity contribution < 1.29 is 28.7 Å². The topological polar surface area (TPSA) is 127 Å².